The van der Waals surface area contributed by atoms with Crippen molar-refractivity contribution in [2.75, 3.05) is 0 Å². The van der Waals surface area contributed by atoms with E-state index in [1.165, 1.54) is 41.7 Å². The van der Waals surface area contributed by atoms with E-state index in [0.717, 1.165) is 6.42 Å². The van der Waals surface area contributed by atoms with Gasteiger partial charge in [0.1, 0.15) is 0 Å². The summed E-state index contributed by atoms with van der Waals surface area (Å²) in [6.07, 6.45) is 2.04. The Balaban J connectivity index is 0.000000219. The number of fused-ring (bicyclic) bond motifs is 4. The topological polar surface area (TPSA) is 68.3 Å². The third-order valence-corrected chi connectivity index (χ3v) is 7.82. The average Bonchev–Trinajstić information content (AvgIpc) is 3.32. The molecule has 0 fully saturated rings. The van der Waals surface area contributed by atoms with Crippen LogP contribution in [0.1, 0.15) is 106 Å². The van der Waals surface area contributed by atoms with Crippen molar-refractivity contribution >= 4 is 33.9 Å². The molecule has 0 bridgehead atoms. The van der Waals surface area contributed by atoms with E-state index in [0.29, 0.717) is 39.4 Å². The molecule has 0 N–H and O–H groups in total. The summed E-state index contributed by atoms with van der Waals surface area (Å²) in [4.78, 5) is 49.8. The molecular formula is C36H36O4. The van der Waals surface area contributed by atoms with Gasteiger partial charge in [0.15, 0.2) is 23.1 Å². The molecule has 1 aliphatic carbocycles. The third kappa shape index (κ3) is 5.44. The molecule has 204 valence electrons. The number of carbonyl (C=O) groups excluding carboxylic acids is 4. The Morgan fingerprint density at radius 2 is 1.25 bits per heavy atom. The SMILES string of the molecule is CCC(=O)c1ccc(C(=O)C(C)CC)c2c(C(C)=O)ccc(C(C)=O)c12.Cc1ccc2c(c1)Cc1ccccc1-2. The van der Waals surface area contributed by atoms with E-state index < -0.39 is 0 Å². The summed E-state index contributed by atoms with van der Waals surface area (Å²) in [5.41, 5.74) is 8.65. The van der Waals surface area contributed by atoms with Gasteiger partial charge in [-0.05, 0) is 55.9 Å². The monoisotopic (exact) mass is 532 g/mol. The number of hydrogen-bond acceptors (Lipinski definition) is 4. The second-order valence-electron chi connectivity index (χ2n) is 10.6. The molecule has 0 aromatic heterocycles. The van der Waals surface area contributed by atoms with Crippen LogP contribution in [0.25, 0.3) is 21.9 Å². The molecule has 0 radical (unpaired) electrons. The van der Waals surface area contributed by atoms with Crippen molar-refractivity contribution in [3.63, 3.8) is 0 Å². The smallest absolute Gasteiger partial charge is 0.166 e. The molecule has 4 aromatic carbocycles. The van der Waals surface area contributed by atoms with Gasteiger partial charge in [-0.15, -0.1) is 0 Å². The Morgan fingerprint density at radius 3 is 1.85 bits per heavy atom. The highest BCUT2D eigenvalue weighted by Gasteiger charge is 2.25. The number of ketones is 4. The Labute approximate surface area is 236 Å². The summed E-state index contributed by atoms with van der Waals surface area (Å²) in [7, 11) is 0. The van der Waals surface area contributed by atoms with Gasteiger partial charge in [-0.3, -0.25) is 19.2 Å². The molecule has 4 nitrogen and oxygen atoms in total. The molecule has 1 unspecified atom stereocenters. The Hall–Kier alpha value is -4.18. The van der Waals surface area contributed by atoms with E-state index in [-0.39, 0.29) is 35.5 Å². The quantitative estimate of drug-likeness (QED) is 0.197. The van der Waals surface area contributed by atoms with Crippen LogP contribution < -0.4 is 0 Å². The lowest BCUT2D eigenvalue weighted by Crippen LogP contribution is -2.14. The minimum Gasteiger partial charge on any atom is -0.294 e. The first kappa shape index (κ1) is 28.8. The normalized spacial score (nSPS) is 12.2. The molecule has 1 aliphatic rings. The summed E-state index contributed by atoms with van der Waals surface area (Å²) in [5.74, 6) is -0.837. The molecular weight excluding hydrogens is 496 g/mol. The minimum absolute atomic E-state index is 0.0869. The highest BCUT2D eigenvalue weighted by atomic mass is 16.1. The fourth-order valence-corrected chi connectivity index (χ4v) is 5.44. The van der Waals surface area contributed by atoms with Crippen LogP contribution in [0.3, 0.4) is 0 Å². The lowest BCUT2D eigenvalue weighted by atomic mass is 9.84. The van der Waals surface area contributed by atoms with Gasteiger partial charge in [0, 0.05) is 45.4 Å². The molecule has 40 heavy (non-hydrogen) atoms. The fourth-order valence-electron chi connectivity index (χ4n) is 5.44. The fraction of sp³-hybridized carbons (Fsp3) is 0.278. The number of aryl methyl sites for hydroxylation is 1. The predicted molar refractivity (Wildman–Crippen MR) is 162 cm³/mol. The van der Waals surface area contributed by atoms with Crippen LogP contribution in [0.5, 0.6) is 0 Å². The van der Waals surface area contributed by atoms with Crippen molar-refractivity contribution in [3.8, 4) is 11.1 Å². The van der Waals surface area contributed by atoms with Gasteiger partial charge >= 0.3 is 0 Å². The molecule has 4 aromatic rings. The van der Waals surface area contributed by atoms with Crippen LogP contribution in [0.4, 0.5) is 0 Å². The zero-order valence-corrected chi connectivity index (χ0v) is 24.2. The van der Waals surface area contributed by atoms with Gasteiger partial charge in [0.2, 0.25) is 0 Å². The zero-order valence-electron chi connectivity index (χ0n) is 24.2. The summed E-state index contributed by atoms with van der Waals surface area (Å²) >= 11 is 0. The number of Topliss-reactive ketones (excluding diaryl/α,β-unsaturated/α-hetero) is 4. The maximum atomic E-state index is 12.9. The van der Waals surface area contributed by atoms with Crippen LogP contribution in [-0.2, 0) is 6.42 Å². The largest absolute Gasteiger partial charge is 0.294 e. The van der Waals surface area contributed by atoms with E-state index in [9.17, 15) is 19.2 Å². The number of benzene rings is 4. The van der Waals surface area contributed by atoms with Gasteiger partial charge in [0.05, 0.1) is 0 Å². The Kier molecular flexibility index (Phi) is 8.58. The van der Waals surface area contributed by atoms with Crippen LogP contribution in [-0.4, -0.2) is 23.1 Å². The van der Waals surface area contributed by atoms with Crippen LogP contribution >= 0.6 is 0 Å². The number of carbonyl (C=O) groups is 4. The molecule has 5 rings (SSSR count). The van der Waals surface area contributed by atoms with Crippen molar-refractivity contribution in [2.45, 2.75) is 60.8 Å². The molecule has 1 atom stereocenters. The number of rotatable bonds is 7. The Bertz CT molecular complexity index is 1660. The van der Waals surface area contributed by atoms with Crippen molar-refractivity contribution in [3.05, 3.63) is 106 Å². The van der Waals surface area contributed by atoms with Gasteiger partial charge in [-0.1, -0.05) is 93.1 Å². The predicted octanol–water partition coefficient (Wildman–Crippen LogP) is 8.63. The van der Waals surface area contributed by atoms with Crippen LogP contribution in [0, 0.1) is 12.8 Å². The standard InChI is InChI=1S/C22H24O4.C14H12/c1-6-12(3)22(26)18-11-10-17(19(25)7-2)20-15(13(4)23)8-9-16(14(5)24)21(18)20;1-10-6-7-14-12(8-10)9-11-4-2-3-5-13(11)14/h8-12H,6-7H2,1-5H3;2-8H,9H2,1H3. The first-order valence-electron chi connectivity index (χ1n) is 14.0. The third-order valence-electron chi connectivity index (χ3n) is 7.82. The first-order valence-corrected chi connectivity index (χ1v) is 14.0. The summed E-state index contributed by atoms with van der Waals surface area (Å²) in [6, 6.07) is 21.8. The molecule has 0 saturated carbocycles. The van der Waals surface area contributed by atoms with E-state index in [1.54, 1.807) is 31.2 Å². The van der Waals surface area contributed by atoms with Crippen molar-refractivity contribution in [1.29, 1.82) is 0 Å². The molecule has 0 heterocycles. The van der Waals surface area contributed by atoms with E-state index in [4.69, 9.17) is 0 Å². The maximum absolute atomic E-state index is 12.9. The molecule has 0 spiro atoms. The average molecular weight is 533 g/mol. The molecule has 0 aliphatic heterocycles. The van der Waals surface area contributed by atoms with Crippen molar-refractivity contribution < 1.29 is 19.2 Å². The second kappa shape index (κ2) is 11.9. The second-order valence-corrected chi connectivity index (χ2v) is 10.6. The van der Waals surface area contributed by atoms with Gasteiger partial charge < -0.3 is 0 Å². The number of hydrogen-bond donors (Lipinski definition) is 0. The highest BCUT2D eigenvalue weighted by molar-refractivity contribution is 6.25. The lowest BCUT2D eigenvalue weighted by molar-refractivity contribution is 0.0926. The molecule has 0 amide bonds. The summed E-state index contributed by atoms with van der Waals surface area (Å²) in [5, 5.41) is 0.848. The van der Waals surface area contributed by atoms with Crippen molar-refractivity contribution in [2.24, 2.45) is 5.92 Å². The molecule has 0 saturated heterocycles. The van der Waals surface area contributed by atoms with Gasteiger partial charge in [-0.2, -0.15) is 0 Å². The Morgan fingerprint density at radius 1 is 0.700 bits per heavy atom. The van der Waals surface area contributed by atoms with Gasteiger partial charge in [-0.25, -0.2) is 0 Å². The highest BCUT2D eigenvalue weighted by Crippen LogP contribution is 2.36. The maximum Gasteiger partial charge on any atom is 0.166 e. The lowest BCUT2D eigenvalue weighted by Gasteiger charge is -2.17. The van der Waals surface area contributed by atoms with Crippen LogP contribution in [0.2, 0.25) is 0 Å². The van der Waals surface area contributed by atoms with E-state index >= 15 is 0 Å². The molecule has 4 heteroatoms. The first-order chi connectivity index (χ1) is 19.1. The zero-order chi connectivity index (χ0) is 29.1. The van der Waals surface area contributed by atoms with Gasteiger partial charge in [0.25, 0.3) is 0 Å². The van der Waals surface area contributed by atoms with Crippen molar-refractivity contribution in [1.82, 2.24) is 0 Å². The summed E-state index contributed by atoms with van der Waals surface area (Å²) < 4.78 is 0. The summed E-state index contributed by atoms with van der Waals surface area (Å²) in [6.45, 7) is 10.5. The van der Waals surface area contributed by atoms with E-state index in [2.05, 4.69) is 49.4 Å². The van der Waals surface area contributed by atoms with Crippen LogP contribution in [0.15, 0.2) is 66.7 Å². The minimum atomic E-state index is -0.216. The van der Waals surface area contributed by atoms with E-state index in [1.807, 2.05) is 13.8 Å².